The quantitative estimate of drug-likeness (QED) is 0.239. The van der Waals surface area contributed by atoms with E-state index < -0.39 is 5.97 Å². The van der Waals surface area contributed by atoms with Crippen LogP contribution in [-0.2, 0) is 9.59 Å². The van der Waals surface area contributed by atoms with Crippen LogP contribution in [0.25, 0.3) is 0 Å². The molecule has 6 heteroatoms. The summed E-state index contributed by atoms with van der Waals surface area (Å²) in [5.74, 6) is -1.13. The molecule has 0 saturated carbocycles. The van der Waals surface area contributed by atoms with Gasteiger partial charge in [-0.25, -0.2) is 0 Å². The molecule has 0 aromatic heterocycles. The molecular formula is C22H46N2O4. The number of carbonyl (C=O) groups excluding carboxylic acids is 1. The molecule has 0 heterocycles. The summed E-state index contributed by atoms with van der Waals surface area (Å²) in [7, 11) is 0. The van der Waals surface area contributed by atoms with Gasteiger partial charge in [0.2, 0.25) is 5.91 Å². The van der Waals surface area contributed by atoms with Gasteiger partial charge in [0.1, 0.15) is 6.54 Å². The Labute approximate surface area is 172 Å². The van der Waals surface area contributed by atoms with Gasteiger partial charge in [-0.1, -0.05) is 96.8 Å². The number of rotatable bonds is 19. The van der Waals surface area contributed by atoms with E-state index in [2.05, 4.69) is 12.2 Å². The lowest BCUT2D eigenvalue weighted by atomic mass is 10.0. The fraction of sp³-hybridized carbons (Fsp3) is 0.909. The lowest BCUT2D eigenvalue weighted by molar-refractivity contribution is -0.137. The summed E-state index contributed by atoms with van der Waals surface area (Å²) in [5, 5.41) is 18.6. The van der Waals surface area contributed by atoms with E-state index in [1.807, 2.05) is 0 Å². The smallest absolute Gasteiger partial charge is 0.322 e. The Bertz CT molecular complexity index is 336. The number of amides is 1. The first-order valence-electron chi connectivity index (χ1n) is 11.4. The van der Waals surface area contributed by atoms with Gasteiger partial charge in [0, 0.05) is 13.0 Å². The molecule has 28 heavy (non-hydrogen) atoms. The molecule has 5 N–H and O–H groups in total. The molecule has 0 aromatic carbocycles. The first-order chi connectivity index (χ1) is 13.6. The number of carboxylic acid groups (broad SMARTS) is 1. The van der Waals surface area contributed by atoms with Gasteiger partial charge in [-0.15, -0.1) is 0 Å². The van der Waals surface area contributed by atoms with Crippen molar-refractivity contribution in [3.63, 3.8) is 0 Å². The summed E-state index contributed by atoms with van der Waals surface area (Å²) >= 11 is 0. The zero-order chi connectivity index (χ0) is 21.3. The van der Waals surface area contributed by atoms with Gasteiger partial charge >= 0.3 is 5.97 Å². The van der Waals surface area contributed by atoms with Gasteiger partial charge in [0.05, 0.1) is 6.61 Å². The Hall–Kier alpha value is -1.14. The normalized spacial score (nSPS) is 10.2. The zero-order valence-corrected chi connectivity index (χ0v) is 18.2. The molecule has 0 aliphatic rings. The maximum absolute atomic E-state index is 11.3. The number of carbonyl (C=O) groups is 2. The van der Waals surface area contributed by atoms with Crippen LogP contribution in [-0.4, -0.2) is 41.8 Å². The Morgan fingerprint density at radius 1 is 0.750 bits per heavy atom. The van der Waals surface area contributed by atoms with Crippen molar-refractivity contribution in [1.82, 2.24) is 5.32 Å². The predicted molar refractivity (Wildman–Crippen MR) is 116 cm³/mol. The molecule has 0 saturated heterocycles. The van der Waals surface area contributed by atoms with E-state index in [-0.39, 0.29) is 19.1 Å². The van der Waals surface area contributed by atoms with Gasteiger partial charge in [0.15, 0.2) is 0 Å². The number of carboxylic acids is 1. The molecule has 0 bridgehead atoms. The predicted octanol–water partition coefficient (Wildman–Crippen LogP) is 4.39. The first kappa shape index (κ1) is 29.1. The van der Waals surface area contributed by atoms with Gasteiger partial charge in [-0.3, -0.25) is 9.59 Å². The van der Waals surface area contributed by atoms with Crippen LogP contribution in [0.4, 0.5) is 0 Å². The second kappa shape index (κ2) is 25.9. The highest BCUT2D eigenvalue weighted by molar-refractivity contribution is 5.80. The molecule has 0 aliphatic carbocycles. The standard InChI is InChI=1S/C20H39NO3.C2H7NO/c1-2-3-4-5-6-7-8-9-10-11-12-13-14-15-16-17-19(22)21-18-20(23)24;3-1-2-4/h2-18H2,1H3,(H,21,22)(H,23,24);4H,1-3H2. The summed E-state index contributed by atoms with van der Waals surface area (Å²) in [6.45, 7) is 2.47. The summed E-state index contributed by atoms with van der Waals surface area (Å²) in [6.07, 6.45) is 20.0. The van der Waals surface area contributed by atoms with Crippen molar-refractivity contribution < 1.29 is 19.8 Å². The molecule has 0 aromatic rings. The molecule has 1 amide bonds. The lowest BCUT2D eigenvalue weighted by Gasteiger charge is -2.04. The van der Waals surface area contributed by atoms with Crippen molar-refractivity contribution in [2.45, 2.75) is 110 Å². The van der Waals surface area contributed by atoms with Crippen LogP contribution in [0.5, 0.6) is 0 Å². The molecule has 168 valence electrons. The highest BCUT2D eigenvalue weighted by Crippen LogP contribution is 2.13. The number of aliphatic carboxylic acids is 1. The van der Waals surface area contributed by atoms with Crippen molar-refractivity contribution >= 4 is 11.9 Å². The minimum Gasteiger partial charge on any atom is -0.480 e. The molecule has 0 atom stereocenters. The fourth-order valence-corrected chi connectivity index (χ4v) is 2.92. The van der Waals surface area contributed by atoms with E-state index in [1.165, 1.54) is 83.5 Å². The molecule has 0 fully saturated rings. The summed E-state index contributed by atoms with van der Waals surface area (Å²) in [6, 6.07) is 0. The monoisotopic (exact) mass is 402 g/mol. The van der Waals surface area contributed by atoms with Crippen LogP contribution in [0, 0.1) is 0 Å². The number of aliphatic hydroxyl groups excluding tert-OH is 1. The van der Waals surface area contributed by atoms with Gasteiger partial charge in [0.25, 0.3) is 0 Å². The van der Waals surface area contributed by atoms with Crippen LogP contribution >= 0.6 is 0 Å². The Balaban J connectivity index is 0. The summed E-state index contributed by atoms with van der Waals surface area (Å²) < 4.78 is 0. The van der Waals surface area contributed by atoms with Crippen molar-refractivity contribution in [2.24, 2.45) is 5.73 Å². The molecule has 0 radical (unpaired) electrons. The minimum absolute atomic E-state index is 0.0972. The summed E-state index contributed by atoms with van der Waals surface area (Å²) in [4.78, 5) is 21.6. The Morgan fingerprint density at radius 2 is 1.11 bits per heavy atom. The number of nitrogens with one attached hydrogen (secondary N) is 1. The summed E-state index contributed by atoms with van der Waals surface area (Å²) in [5.41, 5.74) is 4.78. The fourth-order valence-electron chi connectivity index (χ4n) is 2.92. The van der Waals surface area contributed by atoms with Crippen molar-refractivity contribution in [1.29, 1.82) is 0 Å². The van der Waals surface area contributed by atoms with Crippen molar-refractivity contribution in [2.75, 3.05) is 19.7 Å². The van der Waals surface area contributed by atoms with E-state index in [9.17, 15) is 9.59 Å². The largest absolute Gasteiger partial charge is 0.480 e. The number of hydrogen-bond donors (Lipinski definition) is 4. The van der Waals surface area contributed by atoms with Crippen molar-refractivity contribution in [3.8, 4) is 0 Å². The second-order valence-corrected chi connectivity index (χ2v) is 7.38. The second-order valence-electron chi connectivity index (χ2n) is 7.38. The highest BCUT2D eigenvalue weighted by Gasteiger charge is 2.03. The third kappa shape index (κ3) is 29.6. The zero-order valence-electron chi connectivity index (χ0n) is 18.2. The average Bonchev–Trinajstić information content (AvgIpc) is 2.69. The van der Waals surface area contributed by atoms with E-state index >= 15 is 0 Å². The molecule has 0 rings (SSSR count). The average molecular weight is 403 g/mol. The Kier molecular flexibility index (Phi) is 26.8. The van der Waals surface area contributed by atoms with Gasteiger partial charge < -0.3 is 21.3 Å². The number of aliphatic hydroxyl groups is 1. The molecule has 0 unspecified atom stereocenters. The molecule has 6 nitrogen and oxygen atoms in total. The minimum atomic E-state index is -0.986. The molecule has 0 aliphatic heterocycles. The van der Waals surface area contributed by atoms with Crippen LogP contribution in [0.2, 0.25) is 0 Å². The molecule has 0 spiro atoms. The highest BCUT2D eigenvalue weighted by atomic mass is 16.4. The van der Waals surface area contributed by atoms with Crippen LogP contribution in [0.1, 0.15) is 110 Å². The van der Waals surface area contributed by atoms with E-state index in [0.29, 0.717) is 13.0 Å². The lowest BCUT2D eigenvalue weighted by Crippen LogP contribution is -2.28. The third-order valence-electron chi connectivity index (χ3n) is 4.57. The Morgan fingerprint density at radius 3 is 1.43 bits per heavy atom. The maximum Gasteiger partial charge on any atom is 0.322 e. The third-order valence-corrected chi connectivity index (χ3v) is 4.57. The number of nitrogens with two attached hydrogens (primary N) is 1. The first-order valence-corrected chi connectivity index (χ1v) is 11.4. The maximum atomic E-state index is 11.3. The van der Waals surface area contributed by atoms with E-state index in [4.69, 9.17) is 15.9 Å². The molecular weight excluding hydrogens is 356 g/mol. The van der Waals surface area contributed by atoms with Crippen molar-refractivity contribution in [3.05, 3.63) is 0 Å². The number of unbranched alkanes of at least 4 members (excludes halogenated alkanes) is 14. The van der Waals surface area contributed by atoms with E-state index in [0.717, 1.165) is 12.8 Å². The van der Waals surface area contributed by atoms with Crippen LogP contribution in [0.15, 0.2) is 0 Å². The van der Waals surface area contributed by atoms with Crippen LogP contribution < -0.4 is 11.1 Å². The van der Waals surface area contributed by atoms with Gasteiger partial charge in [-0.2, -0.15) is 0 Å². The topological polar surface area (TPSA) is 113 Å². The van der Waals surface area contributed by atoms with E-state index in [1.54, 1.807) is 0 Å². The van der Waals surface area contributed by atoms with Crippen LogP contribution in [0.3, 0.4) is 0 Å². The van der Waals surface area contributed by atoms with Gasteiger partial charge in [-0.05, 0) is 6.42 Å². The number of hydrogen-bond acceptors (Lipinski definition) is 4. The SMILES string of the molecule is CCCCCCCCCCCCCCCCCC(=O)NCC(=O)O.NCCO.